The Morgan fingerprint density at radius 2 is 2.21 bits per heavy atom. The van der Waals surface area contributed by atoms with Crippen molar-refractivity contribution in [3.63, 3.8) is 0 Å². The summed E-state index contributed by atoms with van der Waals surface area (Å²) in [5, 5.41) is 0. The highest BCUT2D eigenvalue weighted by molar-refractivity contribution is 6.00. The number of ketones is 1. The minimum absolute atomic E-state index is 0.0666. The van der Waals surface area contributed by atoms with E-state index in [4.69, 9.17) is 11.5 Å². The summed E-state index contributed by atoms with van der Waals surface area (Å²) in [5.74, 6) is -0.0666. The van der Waals surface area contributed by atoms with Crippen molar-refractivity contribution >= 4 is 11.5 Å². The molecule has 1 aromatic rings. The molecule has 4 heteroatoms. The van der Waals surface area contributed by atoms with Crippen molar-refractivity contribution in [2.24, 2.45) is 5.73 Å². The Labute approximate surface area is 83.3 Å². The predicted molar refractivity (Wildman–Crippen MR) is 55.9 cm³/mol. The Morgan fingerprint density at radius 3 is 2.71 bits per heavy atom. The molecular weight excluding hydrogens is 178 g/mol. The van der Waals surface area contributed by atoms with Crippen LogP contribution in [0.25, 0.3) is 0 Å². The first kappa shape index (κ1) is 10.7. The summed E-state index contributed by atoms with van der Waals surface area (Å²) < 4.78 is 0. The van der Waals surface area contributed by atoms with Gasteiger partial charge in [-0.2, -0.15) is 0 Å². The van der Waals surface area contributed by atoms with E-state index < -0.39 is 5.54 Å². The van der Waals surface area contributed by atoms with E-state index in [1.807, 2.05) is 0 Å². The zero-order valence-electron chi connectivity index (χ0n) is 8.45. The number of carbonyl (C=O) groups is 1. The van der Waals surface area contributed by atoms with Crippen molar-refractivity contribution in [1.29, 1.82) is 0 Å². The van der Waals surface area contributed by atoms with Crippen LogP contribution < -0.4 is 11.5 Å². The fraction of sp³-hybridized carbons (Fsp3) is 0.400. The first-order valence-electron chi connectivity index (χ1n) is 4.42. The zero-order chi connectivity index (χ0) is 10.8. The summed E-state index contributed by atoms with van der Waals surface area (Å²) in [6, 6.07) is 1.61. The second-order valence-electron chi connectivity index (χ2n) is 4.05. The molecule has 14 heavy (non-hydrogen) atoms. The standard InChI is InChI=1S/C10H15N3O/c1-10(2,12)5-9(14)7-6-13-4-3-8(7)11/h3-4,6H,5,12H2,1-2H3,(H2,11,13). The van der Waals surface area contributed by atoms with E-state index in [0.717, 1.165) is 0 Å². The second-order valence-corrected chi connectivity index (χ2v) is 4.05. The zero-order valence-corrected chi connectivity index (χ0v) is 8.45. The first-order chi connectivity index (χ1) is 6.40. The number of hydrogen-bond donors (Lipinski definition) is 2. The Bertz CT molecular complexity index is 341. The fourth-order valence-electron chi connectivity index (χ4n) is 1.15. The molecule has 0 saturated carbocycles. The second kappa shape index (κ2) is 3.75. The average Bonchev–Trinajstić information content (AvgIpc) is 2.01. The largest absolute Gasteiger partial charge is 0.398 e. The third-order valence-corrected chi connectivity index (χ3v) is 1.77. The predicted octanol–water partition coefficient (Wildman–Crippen LogP) is 0.974. The van der Waals surface area contributed by atoms with Gasteiger partial charge in [0.05, 0.1) is 5.56 Å². The maximum Gasteiger partial charge on any atom is 0.168 e. The first-order valence-corrected chi connectivity index (χ1v) is 4.42. The molecule has 0 unspecified atom stereocenters. The molecule has 0 saturated heterocycles. The SMILES string of the molecule is CC(C)(N)CC(=O)c1cnccc1N. The highest BCUT2D eigenvalue weighted by Crippen LogP contribution is 2.15. The molecule has 0 radical (unpaired) electrons. The van der Waals surface area contributed by atoms with Gasteiger partial charge < -0.3 is 11.5 Å². The van der Waals surface area contributed by atoms with E-state index in [1.165, 1.54) is 6.20 Å². The molecule has 0 atom stereocenters. The Balaban J connectivity index is 2.86. The number of nitrogens with two attached hydrogens (primary N) is 2. The van der Waals surface area contributed by atoms with E-state index in [9.17, 15) is 4.79 Å². The fourth-order valence-corrected chi connectivity index (χ4v) is 1.15. The van der Waals surface area contributed by atoms with Crippen molar-refractivity contribution in [3.05, 3.63) is 24.0 Å². The van der Waals surface area contributed by atoms with Crippen LogP contribution in [0.1, 0.15) is 30.6 Å². The molecule has 76 valence electrons. The Hall–Kier alpha value is -1.42. The molecule has 1 rings (SSSR count). The molecule has 0 bridgehead atoms. The number of pyridine rings is 1. The number of anilines is 1. The van der Waals surface area contributed by atoms with Crippen LogP contribution in [-0.2, 0) is 0 Å². The molecule has 0 spiro atoms. The number of Topliss-reactive ketones (excluding diaryl/α,β-unsaturated/α-hetero) is 1. The molecule has 0 fully saturated rings. The van der Waals surface area contributed by atoms with Gasteiger partial charge in [-0.1, -0.05) is 0 Å². The summed E-state index contributed by atoms with van der Waals surface area (Å²) >= 11 is 0. The van der Waals surface area contributed by atoms with E-state index in [-0.39, 0.29) is 12.2 Å². The molecule has 0 aliphatic rings. The van der Waals surface area contributed by atoms with Crippen LogP contribution in [0.2, 0.25) is 0 Å². The van der Waals surface area contributed by atoms with Crippen LogP contribution >= 0.6 is 0 Å². The van der Waals surface area contributed by atoms with Crippen LogP contribution in [0.3, 0.4) is 0 Å². The Kier molecular flexibility index (Phi) is 2.86. The van der Waals surface area contributed by atoms with E-state index in [1.54, 1.807) is 26.1 Å². The van der Waals surface area contributed by atoms with Gasteiger partial charge in [0, 0.05) is 30.0 Å². The number of carbonyl (C=O) groups excluding carboxylic acids is 1. The van der Waals surface area contributed by atoms with Gasteiger partial charge in [-0.25, -0.2) is 0 Å². The lowest BCUT2D eigenvalue weighted by atomic mass is 9.95. The molecular formula is C10H15N3O. The van der Waals surface area contributed by atoms with Crippen LogP contribution in [-0.4, -0.2) is 16.3 Å². The molecule has 0 aliphatic carbocycles. The van der Waals surface area contributed by atoms with Gasteiger partial charge >= 0.3 is 0 Å². The lowest BCUT2D eigenvalue weighted by molar-refractivity contribution is 0.0961. The monoisotopic (exact) mass is 193 g/mol. The molecule has 0 aromatic carbocycles. The summed E-state index contributed by atoms with van der Waals surface area (Å²) in [5.41, 5.74) is 11.8. The number of aromatic nitrogens is 1. The van der Waals surface area contributed by atoms with Gasteiger partial charge in [0.15, 0.2) is 5.78 Å². The van der Waals surface area contributed by atoms with Gasteiger partial charge in [0.25, 0.3) is 0 Å². The number of nitrogen functional groups attached to an aromatic ring is 1. The van der Waals surface area contributed by atoms with E-state index >= 15 is 0 Å². The van der Waals surface area contributed by atoms with Crippen molar-refractivity contribution in [2.75, 3.05) is 5.73 Å². The van der Waals surface area contributed by atoms with Crippen LogP contribution in [0.4, 0.5) is 5.69 Å². The topological polar surface area (TPSA) is 82.0 Å². The lowest BCUT2D eigenvalue weighted by Gasteiger charge is -2.17. The minimum Gasteiger partial charge on any atom is -0.398 e. The maximum atomic E-state index is 11.7. The average molecular weight is 193 g/mol. The number of nitrogens with zero attached hydrogens (tertiary/aromatic N) is 1. The van der Waals surface area contributed by atoms with Gasteiger partial charge in [0.1, 0.15) is 0 Å². The van der Waals surface area contributed by atoms with Crippen molar-refractivity contribution in [3.8, 4) is 0 Å². The number of rotatable bonds is 3. The lowest BCUT2D eigenvalue weighted by Crippen LogP contribution is -2.34. The molecule has 1 heterocycles. The van der Waals surface area contributed by atoms with Gasteiger partial charge in [0.2, 0.25) is 0 Å². The third-order valence-electron chi connectivity index (χ3n) is 1.77. The summed E-state index contributed by atoms with van der Waals surface area (Å²) in [6.45, 7) is 3.61. The summed E-state index contributed by atoms with van der Waals surface area (Å²) in [4.78, 5) is 15.5. The quantitative estimate of drug-likeness (QED) is 0.701. The van der Waals surface area contributed by atoms with E-state index in [2.05, 4.69) is 4.98 Å². The smallest absolute Gasteiger partial charge is 0.168 e. The van der Waals surface area contributed by atoms with Crippen molar-refractivity contribution < 1.29 is 4.79 Å². The molecule has 4 N–H and O–H groups in total. The van der Waals surface area contributed by atoms with Crippen LogP contribution in [0.15, 0.2) is 18.5 Å². The molecule has 0 amide bonds. The summed E-state index contributed by atoms with van der Waals surface area (Å²) in [7, 11) is 0. The van der Waals surface area contributed by atoms with E-state index in [0.29, 0.717) is 11.3 Å². The third kappa shape index (κ3) is 2.81. The Morgan fingerprint density at radius 1 is 1.57 bits per heavy atom. The van der Waals surface area contributed by atoms with Crippen molar-refractivity contribution in [1.82, 2.24) is 4.98 Å². The van der Waals surface area contributed by atoms with Gasteiger partial charge in [-0.15, -0.1) is 0 Å². The molecule has 4 nitrogen and oxygen atoms in total. The minimum atomic E-state index is -0.515. The molecule has 1 aromatic heterocycles. The van der Waals surface area contributed by atoms with Crippen LogP contribution in [0.5, 0.6) is 0 Å². The number of hydrogen-bond acceptors (Lipinski definition) is 4. The van der Waals surface area contributed by atoms with Crippen molar-refractivity contribution in [2.45, 2.75) is 25.8 Å². The van der Waals surface area contributed by atoms with Gasteiger partial charge in [-0.05, 0) is 19.9 Å². The summed E-state index contributed by atoms with van der Waals surface area (Å²) in [6.07, 6.45) is 3.30. The highest BCUT2D eigenvalue weighted by atomic mass is 16.1. The maximum absolute atomic E-state index is 11.7. The van der Waals surface area contributed by atoms with Crippen LogP contribution in [0, 0.1) is 0 Å². The highest BCUT2D eigenvalue weighted by Gasteiger charge is 2.19. The van der Waals surface area contributed by atoms with Gasteiger partial charge in [-0.3, -0.25) is 9.78 Å². The normalized spacial score (nSPS) is 11.4. The molecule has 0 aliphatic heterocycles.